The van der Waals surface area contributed by atoms with Crippen molar-refractivity contribution in [1.29, 1.82) is 0 Å². The molecule has 0 amide bonds. The van der Waals surface area contributed by atoms with Crippen LogP contribution in [0.25, 0.3) is 0 Å². The molecule has 3 unspecified atom stereocenters. The van der Waals surface area contributed by atoms with Crippen LogP contribution in [0.15, 0.2) is 24.3 Å². The summed E-state index contributed by atoms with van der Waals surface area (Å²) in [6.45, 7) is 1.71. The number of likely N-dealkylation sites (tertiary alicyclic amines) is 1. The first-order valence-corrected chi connectivity index (χ1v) is 7.41. The SMILES string of the molecule is OC1CCCC1C1CCCN1Cc1ccccc1F. The van der Waals surface area contributed by atoms with Crippen LogP contribution in [0, 0.1) is 11.7 Å². The average Bonchev–Trinajstić information content (AvgIpc) is 3.01. The number of halogens is 1. The molecule has 1 N–H and O–H groups in total. The van der Waals surface area contributed by atoms with Crippen molar-refractivity contribution in [2.75, 3.05) is 6.54 Å². The fourth-order valence-corrected chi connectivity index (χ4v) is 3.80. The first-order chi connectivity index (χ1) is 9.25. The summed E-state index contributed by atoms with van der Waals surface area (Å²) in [6.07, 6.45) is 5.37. The van der Waals surface area contributed by atoms with Crippen LogP contribution < -0.4 is 0 Å². The third-order valence-electron chi connectivity index (χ3n) is 4.77. The van der Waals surface area contributed by atoms with Crippen molar-refractivity contribution >= 4 is 0 Å². The van der Waals surface area contributed by atoms with Crippen molar-refractivity contribution in [2.24, 2.45) is 5.92 Å². The summed E-state index contributed by atoms with van der Waals surface area (Å²) in [5.41, 5.74) is 0.780. The Balaban J connectivity index is 1.71. The second-order valence-corrected chi connectivity index (χ2v) is 5.93. The monoisotopic (exact) mass is 263 g/mol. The van der Waals surface area contributed by atoms with Crippen molar-refractivity contribution in [3.8, 4) is 0 Å². The van der Waals surface area contributed by atoms with Crippen LogP contribution in [0.2, 0.25) is 0 Å². The fraction of sp³-hybridized carbons (Fsp3) is 0.625. The van der Waals surface area contributed by atoms with Gasteiger partial charge in [-0.05, 0) is 38.3 Å². The van der Waals surface area contributed by atoms with Gasteiger partial charge in [-0.3, -0.25) is 4.90 Å². The Labute approximate surface area is 114 Å². The van der Waals surface area contributed by atoms with Gasteiger partial charge in [-0.1, -0.05) is 24.6 Å². The number of rotatable bonds is 3. The molecule has 2 fully saturated rings. The van der Waals surface area contributed by atoms with Gasteiger partial charge in [0, 0.05) is 24.1 Å². The molecular formula is C16H22FNO. The van der Waals surface area contributed by atoms with Gasteiger partial charge >= 0.3 is 0 Å². The summed E-state index contributed by atoms with van der Waals surface area (Å²) in [6, 6.07) is 7.48. The smallest absolute Gasteiger partial charge is 0.127 e. The Kier molecular flexibility index (Phi) is 3.85. The minimum Gasteiger partial charge on any atom is -0.393 e. The van der Waals surface area contributed by atoms with E-state index in [0.717, 1.165) is 37.8 Å². The topological polar surface area (TPSA) is 23.5 Å². The normalized spacial score (nSPS) is 32.0. The van der Waals surface area contributed by atoms with Gasteiger partial charge in [-0.2, -0.15) is 0 Å². The van der Waals surface area contributed by atoms with E-state index in [9.17, 15) is 9.50 Å². The molecule has 3 atom stereocenters. The quantitative estimate of drug-likeness (QED) is 0.906. The maximum Gasteiger partial charge on any atom is 0.127 e. The predicted molar refractivity (Wildman–Crippen MR) is 73.2 cm³/mol. The Morgan fingerprint density at radius 2 is 2.00 bits per heavy atom. The molecular weight excluding hydrogens is 241 g/mol. The van der Waals surface area contributed by atoms with E-state index in [0.29, 0.717) is 18.5 Å². The largest absolute Gasteiger partial charge is 0.393 e. The Bertz CT molecular complexity index is 437. The zero-order valence-corrected chi connectivity index (χ0v) is 11.3. The van der Waals surface area contributed by atoms with Gasteiger partial charge in [0.2, 0.25) is 0 Å². The Hall–Kier alpha value is -0.930. The number of aliphatic hydroxyl groups is 1. The van der Waals surface area contributed by atoms with E-state index in [1.807, 2.05) is 12.1 Å². The van der Waals surface area contributed by atoms with Gasteiger partial charge in [0.25, 0.3) is 0 Å². The van der Waals surface area contributed by atoms with E-state index in [-0.39, 0.29) is 11.9 Å². The number of nitrogens with zero attached hydrogens (tertiary/aromatic N) is 1. The highest BCUT2D eigenvalue weighted by Gasteiger charge is 2.38. The lowest BCUT2D eigenvalue weighted by Crippen LogP contribution is -2.38. The molecule has 1 saturated heterocycles. The van der Waals surface area contributed by atoms with Crippen LogP contribution in [-0.4, -0.2) is 28.7 Å². The van der Waals surface area contributed by atoms with E-state index in [1.54, 1.807) is 6.07 Å². The summed E-state index contributed by atoms with van der Waals surface area (Å²) >= 11 is 0. The van der Waals surface area contributed by atoms with Crippen LogP contribution in [0.1, 0.15) is 37.7 Å². The van der Waals surface area contributed by atoms with Crippen molar-refractivity contribution in [2.45, 2.75) is 50.8 Å². The first-order valence-electron chi connectivity index (χ1n) is 7.41. The number of hydrogen-bond donors (Lipinski definition) is 1. The molecule has 2 nitrogen and oxygen atoms in total. The number of hydrogen-bond acceptors (Lipinski definition) is 2. The fourth-order valence-electron chi connectivity index (χ4n) is 3.80. The summed E-state index contributed by atoms with van der Waals surface area (Å²) < 4.78 is 13.7. The van der Waals surface area contributed by atoms with Gasteiger partial charge in [-0.15, -0.1) is 0 Å². The highest BCUT2D eigenvalue weighted by Crippen LogP contribution is 2.36. The van der Waals surface area contributed by atoms with Crippen LogP contribution in [0.5, 0.6) is 0 Å². The molecule has 0 bridgehead atoms. The van der Waals surface area contributed by atoms with Gasteiger partial charge in [0.15, 0.2) is 0 Å². The predicted octanol–water partition coefficient (Wildman–Crippen LogP) is 2.95. The van der Waals surface area contributed by atoms with Crippen LogP contribution in [0.3, 0.4) is 0 Å². The maximum atomic E-state index is 13.7. The molecule has 1 aromatic rings. The van der Waals surface area contributed by atoms with Crippen LogP contribution in [0.4, 0.5) is 4.39 Å². The molecule has 3 rings (SSSR count). The van der Waals surface area contributed by atoms with Crippen molar-refractivity contribution in [1.82, 2.24) is 4.90 Å². The molecule has 3 heteroatoms. The summed E-state index contributed by atoms with van der Waals surface area (Å²) in [5.74, 6) is 0.286. The van der Waals surface area contributed by atoms with Crippen molar-refractivity contribution in [3.63, 3.8) is 0 Å². The molecule has 1 heterocycles. The summed E-state index contributed by atoms with van der Waals surface area (Å²) in [5, 5.41) is 10.1. The minimum atomic E-state index is -0.147. The second-order valence-electron chi connectivity index (χ2n) is 5.93. The van der Waals surface area contributed by atoms with E-state index < -0.39 is 0 Å². The Morgan fingerprint density at radius 3 is 2.74 bits per heavy atom. The van der Waals surface area contributed by atoms with Gasteiger partial charge < -0.3 is 5.11 Å². The van der Waals surface area contributed by atoms with E-state index >= 15 is 0 Å². The van der Waals surface area contributed by atoms with Gasteiger partial charge in [-0.25, -0.2) is 4.39 Å². The van der Waals surface area contributed by atoms with E-state index in [2.05, 4.69) is 4.90 Å². The van der Waals surface area contributed by atoms with Crippen LogP contribution in [-0.2, 0) is 6.54 Å². The first kappa shape index (κ1) is 13.1. The second kappa shape index (κ2) is 5.59. The Morgan fingerprint density at radius 1 is 1.16 bits per heavy atom. The van der Waals surface area contributed by atoms with E-state index in [1.165, 1.54) is 12.5 Å². The zero-order chi connectivity index (χ0) is 13.2. The maximum absolute atomic E-state index is 13.7. The lowest BCUT2D eigenvalue weighted by atomic mass is 9.94. The lowest BCUT2D eigenvalue weighted by molar-refractivity contribution is 0.0715. The number of benzene rings is 1. The van der Waals surface area contributed by atoms with Crippen molar-refractivity contribution < 1.29 is 9.50 Å². The average molecular weight is 263 g/mol. The van der Waals surface area contributed by atoms with Gasteiger partial charge in [0.05, 0.1) is 6.10 Å². The minimum absolute atomic E-state index is 0.111. The molecule has 0 aromatic heterocycles. The highest BCUT2D eigenvalue weighted by molar-refractivity contribution is 5.17. The molecule has 1 aromatic carbocycles. The molecule has 2 aliphatic rings. The van der Waals surface area contributed by atoms with Gasteiger partial charge in [0.1, 0.15) is 5.82 Å². The molecule has 0 spiro atoms. The van der Waals surface area contributed by atoms with Crippen LogP contribution >= 0.6 is 0 Å². The molecule has 104 valence electrons. The lowest BCUT2D eigenvalue weighted by Gasteiger charge is -2.31. The summed E-state index contributed by atoms with van der Waals surface area (Å²) in [4.78, 5) is 2.37. The molecule has 0 radical (unpaired) electrons. The third kappa shape index (κ3) is 2.67. The highest BCUT2D eigenvalue weighted by atomic mass is 19.1. The van der Waals surface area contributed by atoms with E-state index in [4.69, 9.17) is 0 Å². The molecule has 1 saturated carbocycles. The molecule has 1 aliphatic heterocycles. The standard InChI is InChI=1S/C16H22FNO/c17-14-7-2-1-5-12(14)11-18-10-4-8-15(18)13-6-3-9-16(13)19/h1-2,5,7,13,15-16,19H,3-4,6,8-11H2. The molecule has 1 aliphatic carbocycles. The third-order valence-corrected chi connectivity index (χ3v) is 4.77. The summed E-state index contributed by atoms with van der Waals surface area (Å²) in [7, 11) is 0. The zero-order valence-electron chi connectivity index (χ0n) is 11.3. The molecule has 19 heavy (non-hydrogen) atoms. The number of aliphatic hydroxyl groups excluding tert-OH is 1. The van der Waals surface area contributed by atoms with Crippen molar-refractivity contribution in [3.05, 3.63) is 35.6 Å².